The van der Waals surface area contributed by atoms with Crippen LogP contribution in [0.4, 0.5) is 0 Å². The van der Waals surface area contributed by atoms with Gasteiger partial charge in [-0.1, -0.05) is 42.5 Å². The molecule has 0 bridgehead atoms. The number of aliphatic carboxylic acids is 1. The molecule has 2 aromatic carbocycles. The standard InChI is InChI=1S/C28H27N3O3/c32-28(33)19-34-27-9-3-6-23-13-20(10-11-26(23)27)17-31-18-21(15-30-31)14-22-5-1-2-8-25(22)24-7-4-12-29-16-24/h1-9,12,15-16,18,20H,10-11,13-14,17,19H2,(H,32,33). The first-order valence-electron chi connectivity index (χ1n) is 11.6. The summed E-state index contributed by atoms with van der Waals surface area (Å²) in [6.45, 7) is 0.559. The first-order valence-corrected chi connectivity index (χ1v) is 11.6. The molecular formula is C28H27N3O3. The minimum Gasteiger partial charge on any atom is -0.482 e. The van der Waals surface area contributed by atoms with Crippen LogP contribution in [0, 0.1) is 5.92 Å². The molecule has 1 atom stereocenters. The van der Waals surface area contributed by atoms with Crippen LogP contribution in [-0.4, -0.2) is 32.4 Å². The lowest BCUT2D eigenvalue weighted by atomic mass is 9.83. The number of pyridine rings is 1. The summed E-state index contributed by atoms with van der Waals surface area (Å²) in [5.41, 5.74) is 7.17. The van der Waals surface area contributed by atoms with E-state index in [-0.39, 0.29) is 6.61 Å². The lowest BCUT2D eigenvalue weighted by Crippen LogP contribution is -2.21. The SMILES string of the molecule is O=C(O)COc1cccc2c1CCC(Cn1cc(Cc3ccccc3-c3cccnc3)cn1)C2. The van der Waals surface area contributed by atoms with Crippen molar-refractivity contribution in [3.63, 3.8) is 0 Å². The number of hydrogen-bond acceptors (Lipinski definition) is 4. The van der Waals surface area contributed by atoms with Gasteiger partial charge >= 0.3 is 5.97 Å². The first-order chi connectivity index (χ1) is 16.7. The van der Waals surface area contributed by atoms with Crippen LogP contribution in [0.1, 0.15) is 28.7 Å². The lowest BCUT2D eigenvalue weighted by molar-refractivity contribution is -0.139. The van der Waals surface area contributed by atoms with Crippen LogP contribution in [0.5, 0.6) is 5.75 Å². The van der Waals surface area contributed by atoms with Crippen molar-refractivity contribution in [2.45, 2.75) is 32.2 Å². The maximum Gasteiger partial charge on any atom is 0.341 e. The van der Waals surface area contributed by atoms with Crippen molar-refractivity contribution in [1.82, 2.24) is 14.8 Å². The van der Waals surface area contributed by atoms with Gasteiger partial charge < -0.3 is 9.84 Å². The molecule has 4 aromatic rings. The second kappa shape index (κ2) is 9.91. The fourth-order valence-electron chi connectivity index (χ4n) is 4.84. The summed E-state index contributed by atoms with van der Waals surface area (Å²) < 4.78 is 7.56. The van der Waals surface area contributed by atoms with Crippen molar-refractivity contribution in [2.24, 2.45) is 5.92 Å². The van der Waals surface area contributed by atoms with Crippen LogP contribution < -0.4 is 4.74 Å². The number of fused-ring (bicyclic) bond motifs is 1. The molecule has 34 heavy (non-hydrogen) atoms. The fraction of sp³-hybridized carbons (Fsp3) is 0.250. The molecule has 1 aliphatic carbocycles. The summed E-state index contributed by atoms with van der Waals surface area (Å²) in [5.74, 6) is 0.230. The Labute approximate surface area is 198 Å². The Kier molecular flexibility index (Phi) is 6.38. The number of nitrogens with zero attached hydrogens (tertiary/aromatic N) is 3. The van der Waals surface area contributed by atoms with E-state index in [1.165, 1.54) is 22.3 Å². The van der Waals surface area contributed by atoms with Gasteiger partial charge in [0.2, 0.25) is 0 Å². The van der Waals surface area contributed by atoms with Crippen molar-refractivity contribution in [3.8, 4) is 16.9 Å². The third-order valence-corrected chi connectivity index (χ3v) is 6.41. The van der Waals surface area contributed by atoms with Crippen molar-refractivity contribution in [3.05, 3.63) is 102 Å². The van der Waals surface area contributed by atoms with E-state index < -0.39 is 5.97 Å². The molecule has 1 aliphatic rings. The van der Waals surface area contributed by atoms with Gasteiger partial charge in [0.1, 0.15) is 5.75 Å². The Morgan fingerprint density at radius 3 is 2.85 bits per heavy atom. The van der Waals surface area contributed by atoms with Gasteiger partial charge in [-0.25, -0.2) is 4.79 Å². The summed E-state index contributed by atoms with van der Waals surface area (Å²) >= 11 is 0. The molecule has 0 aliphatic heterocycles. The highest BCUT2D eigenvalue weighted by Gasteiger charge is 2.22. The van der Waals surface area contributed by atoms with Crippen LogP contribution in [0.2, 0.25) is 0 Å². The van der Waals surface area contributed by atoms with Crippen LogP contribution >= 0.6 is 0 Å². The number of carboxylic acids is 1. The van der Waals surface area contributed by atoms with Gasteiger partial charge in [-0.3, -0.25) is 9.67 Å². The topological polar surface area (TPSA) is 77.2 Å². The Morgan fingerprint density at radius 2 is 2.00 bits per heavy atom. The number of carbonyl (C=O) groups is 1. The molecule has 2 aromatic heterocycles. The van der Waals surface area contributed by atoms with Crippen molar-refractivity contribution in [2.75, 3.05) is 6.61 Å². The van der Waals surface area contributed by atoms with E-state index in [9.17, 15) is 4.79 Å². The molecule has 5 rings (SSSR count). The number of rotatable bonds is 8. The molecule has 0 saturated heterocycles. The predicted molar refractivity (Wildman–Crippen MR) is 130 cm³/mol. The quantitative estimate of drug-likeness (QED) is 0.415. The summed E-state index contributed by atoms with van der Waals surface area (Å²) in [4.78, 5) is 15.1. The van der Waals surface area contributed by atoms with Crippen molar-refractivity contribution < 1.29 is 14.6 Å². The van der Waals surface area contributed by atoms with Crippen LogP contribution in [0.3, 0.4) is 0 Å². The van der Waals surface area contributed by atoms with Crippen LogP contribution in [-0.2, 0) is 30.6 Å². The van der Waals surface area contributed by atoms with Gasteiger partial charge in [0.05, 0.1) is 6.20 Å². The average Bonchev–Trinajstić information content (AvgIpc) is 3.30. The number of hydrogen-bond donors (Lipinski definition) is 1. The Bertz CT molecular complexity index is 1280. The maximum atomic E-state index is 10.9. The maximum absolute atomic E-state index is 10.9. The molecule has 1 unspecified atom stereocenters. The molecule has 0 spiro atoms. The van der Waals surface area contributed by atoms with Crippen molar-refractivity contribution in [1.29, 1.82) is 0 Å². The number of ether oxygens (including phenoxy) is 1. The van der Waals surface area contributed by atoms with Gasteiger partial charge in [-0.05, 0) is 65.1 Å². The zero-order chi connectivity index (χ0) is 23.3. The van der Waals surface area contributed by atoms with Gasteiger partial charge in [-0.15, -0.1) is 0 Å². The molecule has 0 fully saturated rings. The Hall–Kier alpha value is -3.93. The lowest BCUT2D eigenvalue weighted by Gasteiger charge is -2.26. The predicted octanol–water partition coefficient (Wildman–Crippen LogP) is 4.80. The van der Waals surface area contributed by atoms with Gasteiger partial charge in [0.25, 0.3) is 0 Å². The van der Waals surface area contributed by atoms with Gasteiger partial charge in [0, 0.05) is 37.1 Å². The van der Waals surface area contributed by atoms with E-state index in [1.807, 2.05) is 30.6 Å². The largest absolute Gasteiger partial charge is 0.482 e. The number of benzene rings is 2. The Balaban J connectivity index is 1.25. The third kappa shape index (κ3) is 5.01. The van der Waals surface area contributed by atoms with E-state index in [1.54, 1.807) is 6.20 Å². The highest BCUT2D eigenvalue weighted by atomic mass is 16.5. The molecular weight excluding hydrogens is 426 g/mol. The van der Waals surface area contributed by atoms with Crippen LogP contribution in [0.25, 0.3) is 11.1 Å². The smallest absolute Gasteiger partial charge is 0.341 e. The fourth-order valence-corrected chi connectivity index (χ4v) is 4.84. The zero-order valence-corrected chi connectivity index (χ0v) is 18.9. The molecule has 6 nitrogen and oxygen atoms in total. The monoisotopic (exact) mass is 453 g/mol. The average molecular weight is 454 g/mol. The van der Waals surface area contributed by atoms with Crippen LogP contribution in [0.15, 0.2) is 79.4 Å². The highest BCUT2D eigenvalue weighted by molar-refractivity contribution is 5.68. The van der Waals surface area contributed by atoms with E-state index in [0.29, 0.717) is 11.7 Å². The first kappa shape index (κ1) is 21.9. The molecule has 0 radical (unpaired) electrons. The third-order valence-electron chi connectivity index (χ3n) is 6.41. The molecule has 0 saturated carbocycles. The molecule has 6 heteroatoms. The van der Waals surface area contributed by atoms with E-state index in [2.05, 4.69) is 57.4 Å². The Morgan fingerprint density at radius 1 is 1.09 bits per heavy atom. The normalized spacial score (nSPS) is 15.0. The molecule has 2 heterocycles. The number of carboxylic acid groups (broad SMARTS) is 1. The van der Waals surface area contributed by atoms with Crippen molar-refractivity contribution >= 4 is 5.97 Å². The second-order valence-electron chi connectivity index (χ2n) is 8.83. The zero-order valence-electron chi connectivity index (χ0n) is 18.9. The summed E-state index contributed by atoms with van der Waals surface area (Å²) in [6, 6.07) is 18.4. The summed E-state index contributed by atoms with van der Waals surface area (Å²) in [5, 5.41) is 13.6. The second-order valence-corrected chi connectivity index (χ2v) is 8.83. The van der Waals surface area contributed by atoms with Gasteiger partial charge in [0.15, 0.2) is 6.61 Å². The minimum atomic E-state index is -0.955. The van der Waals surface area contributed by atoms with E-state index in [4.69, 9.17) is 9.84 Å². The number of aromatic nitrogens is 3. The van der Waals surface area contributed by atoms with Gasteiger partial charge in [-0.2, -0.15) is 5.10 Å². The van der Waals surface area contributed by atoms with E-state index >= 15 is 0 Å². The highest BCUT2D eigenvalue weighted by Crippen LogP contribution is 2.33. The molecule has 172 valence electrons. The minimum absolute atomic E-state index is 0.306. The molecule has 1 N–H and O–H groups in total. The summed E-state index contributed by atoms with van der Waals surface area (Å²) in [7, 11) is 0. The summed E-state index contributed by atoms with van der Waals surface area (Å²) in [6.07, 6.45) is 11.5. The molecule has 0 amide bonds. The van der Waals surface area contributed by atoms with E-state index in [0.717, 1.165) is 43.4 Å².